The van der Waals surface area contributed by atoms with Crippen molar-refractivity contribution in [2.75, 3.05) is 27.7 Å². The zero-order valence-electron chi connectivity index (χ0n) is 17.6. The van der Waals surface area contributed by atoms with Crippen LogP contribution in [0.5, 0.6) is 0 Å². The van der Waals surface area contributed by atoms with Crippen molar-refractivity contribution in [3.8, 4) is 0 Å². The number of carbonyl (C=O) groups excluding carboxylic acids is 1. The van der Waals surface area contributed by atoms with Crippen LogP contribution in [0.25, 0.3) is 10.9 Å². The van der Waals surface area contributed by atoms with E-state index < -0.39 is 6.10 Å². The van der Waals surface area contributed by atoms with Crippen LogP contribution in [0.1, 0.15) is 38.8 Å². The first-order chi connectivity index (χ1) is 13.8. The van der Waals surface area contributed by atoms with Gasteiger partial charge < -0.3 is 19.5 Å². The number of aromatic nitrogens is 1. The molecular weight excluding hydrogens is 362 g/mol. The third-order valence-corrected chi connectivity index (χ3v) is 5.90. The van der Waals surface area contributed by atoms with Gasteiger partial charge in [0, 0.05) is 55.8 Å². The molecule has 5 heteroatoms. The summed E-state index contributed by atoms with van der Waals surface area (Å²) in [5.41, 5.74) is 6.63. The van der Waals surface area contributed by atoms with Gasteiger partial charge in [0.05, 0.1) is 12.6 Å². The van der Waals surface area contributed by atoms with Crippen molar-refractivity contribution >= 4 is 16.8 Å². The van der Waals surface area contributed by atoms with Crippen LogP contribution in [0, 0.1) is 6.92 Å². The SMILES string of the molecule is Cc1ccc2c(c1)c1c(n2CC(O)c2ccc(C(=O)N(C)C)cc2)CCN(C)C1. The summed E-state index contributed by atoms with van der Waals surface area (Å²) in [7, 11) is 5.64. The number of carbonyl (C=O) groups is 1. The summed E-state index contributed by atoms with van der Waals surface area (Å²) < 4.78 is 2.29. The van der Waals surface area contributed by atoms with Crippen LogP contribution in [0.4, 0.5) is 0 Å². The fourth-order valence-electron chi connectivity index (χ4n) is 4.29. The molecule has 4 rings (SSSR count). The van der Waals surface area contributed by atoms with Gasteiger partial charge in [-0.2, -0.15) is 0 Å². The number of nitrogens with zero attached hydrogens (tertiary/aromatic N) is 3. The van der Waals surface area contributed by atoms with Gasteiger partial charge in [0.1, 0.15) is 0 Å². The Hall–Kier alpha value is -2.63. The molecule has 0 spiro atoms. The summed E-state index contributed by atoms with van der Waals surface area (Å²) in [6.07, 6.45) is 0.363. The van der Waals surface area contributed by atoms with Crippen LogP contribution < -0.4 is 0 Å². The second kappa shape index (κ2) is 7.65. The number of likely N-dealkylation sites (N-methyl/N-ethyl adjacent to an activating group) is 1. The average Bonchev–Trinajstić information content (AvgIpc) is 2.99. The molecule has 1 aliphatic heterocycles. The molecule has 29 heavy (non-hydrogen) atoms. The van der Waals surface area contributed by atoms with Crippen molar-refractivity contribution in [1.82, 2.24) is 14.4 Å². The van der Waals surface area contributed by atoms with E-state index in [2.05, 4.69) is 41.6 Å². The van der Waals surface area contributed by atoms with Crippen LogP contribution in [0.3, 0.4) is 0 Å². The molecule has 0 radical (unpaired) electrons. The van der Waals surface area contributed by atoms with E-state index >= 15 is 0 Å². The first kappa shape index (κ1) is 19.7. The van der Waals surface area contributed by atoms with Gasteiger partial charge in [-0.1, -0.05) is 23.8 Å². The third kappa shape index (κ3) is 3.68. The van der Waals surface area contributed by atoms with E-state index in [0.29, 0.717) is 12.1 Å². The molecule has 0 saturated heterocycles. The first-order valence-electron chi connectivity index (χ1n) is 10.1. The minimum atomic E-state index is -0.626. The van der Waals surface area contributed by atoms with Gasteiger partial charge in [0.25, 0.3) is 5.91 Å². The average molecular weight is 392 g/mol. The van der Waals surface area contributed by atoms with Crippen molar-refractivity contribution in [3.05, 3.63) is 70.4 Å². The van der Waals surface area contributed by atoms with Crippen LogP contribution in [0.2, 0.25) is 0 Å². The maximum Gasteiger partial charge on any atom is 0.253 e. The fourth-order valence-corrected chi connectivity index (χ4v) is 4.29. The number of hydrogen-bond donors (Lipinski definition) is 1. The molecule has 2 aromatic carbocycles. The van der Waals surface area contributed by atoms with E-state index in [1.807, 2.05) is 12.1 Å². The molecule has 152 valence electrons. The van der Waals surface area contributed by atoms with Gasteiger partial charge >= 0.3 is 0 Å². The Morgan fingerprint density at radius 2 is 1.90 bits per heavy atom. The maximum atomic E-state index is 12.1. The molecule has 0 aliphatic carbocycles. The lowest BCUT2D eigenvalue weighted by atomic mass is 10.0. The summed E-state index contributed by atoms with van der Waals surface area (Å²) in [5.74, 6) is -0.0315. The summed E-state index contributed by atoms with van der Waals surface area (Å²) in [5, 5.41) is 12.3. The normalized spacial score (nSPS) is 15.3. The highest BCUT2D eigenvalue weighted by Gasteiger charge is 2.24. The predicted molar refractivity (Wildman–Crippen MR) is 116 cm³/mol. The number of amides is 1. The lowest BCUT2D eigenvalue weighted by Gasteiger charge is -2.25. The zero-order valence-corrected chi connectivity index (χ0v) is 17.6. The van der Waals surface area contributed by atoms with Crippen LogP contribution in [-0.2, 0) is 19.5 Å². The van der Waals surface area contributed by atoms with Crippen molar-refractivity contribution in [2.45, 2.75) is 32.5 Å². The van der Waals surface area contributed by atoms with E-state index in [1.165, 1.54) is 27.7 Å². The third-order valence-electron chi connectivity index (χ3n) is 5.90. The summed E-state index contributed by atoms with van der Waals surface area (Å²) in [4.78, 5) is 16.0. The highest BCUT2D eigenvalue weighted by atomic mass is 16.3. The monoisotopic (exact) mass is 391 g/mol. The lowest BCUT2D eigenvalue weighted by molar-refractivity contribution is 0.0827. The Morgan fingerprint density at radius 3 is 2.59 bits per heavy atom. The largest absolute Gasteiger partial charge is 0.387 e. The fraction of sp³-hybridized carbons (Fsp3) is 0.375. The van der Waals surface area contributed by atoms with E-state index in [4.69, 9.17) is 0 Å². The Labute approximate surface area is 172 Å². The summed E-state index contributed by atoms with van der Waals surface area (Å²) >= 11 is 0. The number of benzene rings is 2. The Balaban J connectivity index is 1.66. The Kier molecular flexibility index (Phi) is 5.19. The van der Waals surface area contributed by atoms with E-state index in [0.717, 1.165) is 25.1 Å². The van der Waals surface area contributed by atoms with Gasteiger partial charge in [-0.3, -0.25) is 4.79 Å². The van der Waals surface area contributed by atoms with E-state index in [1.54, 1.807) is 31.1 Å². The molecule has 1 aliphatic rings. The standard InChI is InChI=1S/C24H29N3O2/c1-16-5-10-21-19(13-16)20-14-26(4)12-11-22(20)27(21)15-23(28)17-6-8-18(9-7-17)24(29)25(2)3/h5-10,13,23,28H,11-12,14-15H2,1-4H3. The van der Waals surface area contributed by atoms with Crippen molar-refractivity contribution in [3.63, 3.8) is 0 Å². The molecule has 1 aromatic heterocycles. The predicted octanol–water partition coefficient (Wildman–Crippen LogP) is 3.37. The van der Waals surface area contributed by atoms with Gasteiger partial charge in [0.15, 0.2) is 0 Å². The Bertz CT molecular complexity index is 1050. The highest BCUT2D eigenvalue weighted by Crippen LogP contribution is 2.33. The maximum absolute atomic E-state index is 12.1. The van der Waals surface area contributed by atoms with E-state index in [9.17, 15) is 9.90 Å². The molecule has 1 N–H and O–H groups in total. The number of aryl methyl sites for hydroxylation is 1. The summed E-state index contributed by atoms with van der Waals surface area (Å²) in [6, 6.07) is 13.9. The lowest BCUT2D eigenvalue weighted by Crippen LogP contribution is -2.27. The van der Waals surface area contributed by atoms with Crippen molar-refractivity contribution < 1.29 is 9.90 Å². The molecule has 0 bridgehead atoms. The highest BCUT2D eigenvalue weighted by molar-refractivity contribution is 5.93. The molecule has 5 nitrogen and oxygen atoms in total. The van der Waals surface area contributed by atoms with Crippen LogP contribution >= 0.6 is 0 Å². The molecule has 3 aromatic rings. The first-order valence-corrected chi connectivity index (χ1v) is 10.1. The topological polar surface area (TPSA) is 48.7 Å². The molecule has 1 unspecified atom stereocenters. The number of aliphatic hydroxyl groups excluding tert-OH is 1. The minimum Gasteiger partial charge on any atom is -0.387 e. The number of rotatable bonds is 4. The molecule has 1 atom stereocenters. The second-order valence-electron chi connectivity index (χ2n) is 8.38. The van der Waals surface area contributed by atoms with Crippen LogP contribution in [-0.4, -0.2) is 53.1 Å². The minimum absolute atomic E-state index is 0.0315. The molecule has 2 heterocycles. The smallest absolute Gasteiger partial charge is 0.253 e. The molecule has 0 fully saturated rings. The number of aliphatic hydroxyl groups is 1. The van der Waals surface area contributed by atoms with Crippen molar-refractivity contribution in [1.29, 1.82) is 0 Å². The van der Waals surface area contributed by atoms with Gasteiger partial charge in [-0.05, 0) is 49.4 Å². The van der Waals surface area contributed by atoms with Gasteiger partial charge in [-0.15, -0.1) is 0 Å². The van der Waals surface area contributed by atoms with Crippen LogP contribution in [0.15, 0.2) is 42.5 Å². The van der Waals surface area contributed by atoms with E-state index in [-0.39, 0.29) is 5.91 Å². The van der Waals surface area contributed by atoms with Crippen molar-refractivity contribution in [2.24, 2.45) is 0 Å². The number of hydrogen-bond acceptors (Lipinski definition) is 3. The second-order valence-corrected chi connectivity index (χ2v) is 8.38. The Morgan fingerprint density at radius 1 is 1.17 bits per heavy atom. The number of fused-ring (bicyclic) bond motifs is 3. The van der Waals surface area contributed by atoms with Gasteiger partial charge in [-0.25, -0.2) is 0 Å². The molecular formula is C24H29N3O2. The zero-order chi connectivity index (χ0) is 20.7. The molecule has 1 amide bonds. The summed E-state index contributed by atoms with van der Waals surface area (Å²) in [6.45, 7) is 4.61. The van der Waals surface area contributed by atoms with Gasteiger partial charge in [0.2, 0.25) is 0 Å². The quantitative estimate of drug-likeness (QED) is 0.742. The molecule has 0 saturated carbocycles.